The van der Waals surface area contributed by atoms with Gasteiger partial charge in [0.2, 0.25) is 0 Å². The number of rotatable bonds is 7. The number of hydrogen-bond donors (Lipinski definition) is 1. The van der Waals surface area contributed by atoms with Crippen LogP contribution in [0.3, 0.4) is 0 Å². The van der Waals surface area contributed by atoms with Crippen LogP contribution >= 0.6 is 0 Å². The molecular formula is C19H31N3O2. The lowest BCUT2D eigenvalue weighted by Gasteiger charge is -2.27. The van der Waals surface area contributed by atoms with Gasteiger partial charge in [-0.1, -0.05) is 24.3 Å². The standard InChI is InChI=1S/C19H31N3O2/c1-20-19(22(2)11-8-16-9-12-24-13-10-16)21-14-17-6-4-5-7-18(17)15-23-3/h4-7,16H,8-15H2,1-3H3,(H,20,21). The van der Waals surface area contributed by atoms with Crippen molar-refractivity contribution in [1.29, 1.82) is 0 Å². The smallest absolute Gasteiger partial charge is 0.193 e. The summed E-state index contributed by atoms with van der Waals surface area (Å²) in [7, 11) is 5.68. The van der Waals surface area contributed by atoms with Gasteiger partial charge in [-0.3, -0.25) is 4.99 Å². The van der Waals surface area contributed by atoms with Gasteiger partial charge in [0.15, 0.2) is 5.96 Å². The number of guanidine groups is 1. The van der Waals surface area contributed by atoms with Crippen molar-refractivity contribution >= 4 is 5.96 Å². The van der Waals surface area contributed by atoms with Gasteiger partial charge < -0.3 is 19.7 Å². The lowest BCUT2D eigenvalue weighted by Crippen LogP contribution is -2.39. The van der Waals surface area contributed by atoms with Crippen molar-refractivity contribution in [1.82, 2.24) is 10.2 Å². The molecule has 1 aliphatic rings. The summed E-state index contributed by atoms with van der Waals surface area (Å²) in [6.45, 7) is 4.24. The average Bonchev–Trinajstić information content (AvgIpc) is 2.63. The minimum atomic E-state index is 0.635. The number of nitrogens with zero attached hydrogens (tertiary/aromatic N) is 2. The summed E-state index contributed by atoms with van der Waals surface area (Å²) >= 11 is 0. The quantitative estimate of drug-likeness (QED) is 0.615. The first kappa shape index (κ1) is 18.7. The number of hydrogen-bond acceptors (Lipinski definition) is 3. The minimum Gasteiger partial charge on any atom is -0.381 e. The molecule has 1 N–H and O–H groups in total. The van der Waals surface area contributed by atoms with E-state index in [1.807, 2.05) is 13.1 Å². The molecule has 5 heteroatoms. The summed E-state index contributed by atoms with van der Waals surface area (Å²) in [6, 6.07) is 8.36. The highest BCUT2D eigenvalue weighted by Gasteiger charge is 2.15. The third-order valence-electron chi connectivity index (χ3n) is 4.64. The average molecular weight is 333 g/mol. The maximum Gasteiger partial charge on any atom is 0.193 e. The fourth-order valence-electron chi connectivity index (χ4n) is 3.10. The Morgan fingerprint density at radius 2 is 2.00 bits per heavy atom. The van der Waals surface area contributed by atoms with Gasteiger partial charge in [0.1, 0.15) is 0 Å². The van der Waals surface area contributed by atoms with Crippen LogP contribution in [0.5, 0.6) is 0 Å². The van der Waals surface area contributed by atoms with E-state index < -0.39 is 0 Å². The normalized spacial score (nSPS) is 16.2. The second-order valence-corrected chi connectivity index (χ2v) is 6.37. The van der Waals surface area contributed by atoms with Crippen LogP contribution in [0.4, 0.5) is 0 Å². The molecule has 2 rings (SSSR count). The summed E-state index contributed by atoms with van der Waals surface area (Å²) in [5.41, 5.74) is 2.46. The minimum absolute atomic E-state index is 0.635. The monoisotopic (exact) mass is 333 g/mol. The van der Waals surface area contributed by atoms with Crippen molar-refractivity contribution in [2.45, 2.75) is 32.4 Å². The van der Waals surface area contributed by atoms with Crippen LogP contribution in [0.2, 0.25) is 0 Å². The van der Waals surface area contributed by atoms with E-state index in [2.05, 4.69) is 40.5 Å². The van der Waals surface area contributed by atoms with E-state index in [9.17, 15) is 0 Å². The Labute approximate surface area is 146 Å². The lowest BCUT2D eigenvalue weighted by atomic mass is 9.96. The van der Waals surface area contributed by atoms with Gasteiger partial charge in [0.25, 0.3) is 0 Å². The van der Waals surface area contributed by atoms with Crippen LogP contribution in [0, 0.1) is 5.92 Å². The molecule has 5 nitrogen and oxygen atoms in total. The Bertz CT molecular complexity index is 513. The van der Waals surface area contributed by atoms with E-state index in [4.69, 9.17) is 9.47 Å². The van der Waals surface area contributed by atoms with Crippen molar-refractivity contribution < 1.29 is 9.47 Å². The number of nitrogens with one attached hydrogen (secondary N) is 1. The van der Waals surface area contributed by atoms with Crippen molar-refractivity contribution in [2.75, 3.05) is 41.0 Å². The molecule has 1 aliphatic heterocycles. The Morgan fingerprint density at radius 1 is 1.29 bits per heavy atom. The van der Waals surface area contributed by atoms with Crippen molar-refractivity contribution in [2.24, 2.45) is 10.9 Å². The van der Waals surface area contributed by atoms with Gasteiger partial charge in [-0.25, -0.2) is 0 Å². The predicted molar refractivity (Wildman–Crippen MR) is 98.1 cm³/mol. The molecule has 0 bridgehead atoms. The van der Waals surface area contributed by atoms with Gasteiger partial charge in [0, 0.05) is 47.5 Å². The van der Waals surface area contributed by atoms with Gasteiger partial charge in [-0.2, -0.15) is 0 Å². The van der Waals surface area contributed by atoms with Crippen LogP contribution in [-0.4, -0.2) is 51.8 Å². The molecule has 0 spiro atoms. The fourth-order valence-corrected chi connectivity index (χ4v) is 3.10. The molecule has 1 aromatic carbocycles. The first-order chi connectivity index (χ1) is 11.7. The van der Waals surface area contributed by atoms with E-state index in [1.54, 1.807) is 7.11 Å². The molecular weight excluding hydrogens is 302 g/mol. The second-order valence-electron chi connectivity index (χ2n) is 6.37. The Hall–Kier alpha value is -1.59. The molecule has 0 aromatic heterocycles. The van der Waals surface area contributed by atoms with Gasteiger partial charge in [0.05, 0.1) is 6.61 Å². The molecule has 0 atom stereocenters. The molecule has 1 fully saturated rings. The topological polar surface area (TPSA) is 46.1 Å². The number of aliphatic imine (C=N–C) groups is 1. The van der Waals surface area contributed by atoms with E-state index in [0.717, 1.165) is 38.2 Å². The molecule has 1 aromatic rings. The van der Waals surface area contributed by atoms with Crippen molar-refractivity contribution in [3.05, 3.63) is 35.4 Å². The first-order valence-electron chi connectivity index (χ1n) is 8.79. The molecule has 0 saturated carbocycles. The molecule has 1 heterocycles. The largest absolute Gasteiger partial charge is 0.381 e. The number of methoxy groups -OCH3 is 1. The zero-order valence-corrected chi connectivity index (χ0v) is 15.3. The first-order valence-corrected chi connectivity index (χ1v) is 8.79. The highest BCUT2D eigenvalue weighted by atomic mass is 16.5. The Kier molecular flexibility index (Phi) is 8.05. The van der Waals surface area contributed by atoms with Gasteiger partial charge >= 0.3 is 0 Å². The summed E-state index contributed by atoms with van der Waals surface area (Å²) in [5, 5.41) is 3.47. The zero-order chi connectivity index (χ0) is 17.2. The lowest BCUT2D eigenvalue weighted by molar-refractivity contribution is 0.0625. The molecule has 0 radical (unpaired) electrons. The molecule has 0 amide bonds. The van der Waals surface area contributed by atoms with E-state index in [1.165, 1.54) is 30.4 Å². The third kappa shape index (κ3) is 5.80. The van der Waals surface area contributed by atoms with Crippen LogP contribution in [0.1, 0.15) is 30.4 Å². The van der Waals surface area contributed by atoms with E-state index >= 15 is 0 Å². The maximum atomic E-state index is 5.43. The predicted octanol–water partition coefficient (Wildman–Crippen LogP) is 2.66. The molecule has 134 valence electrons. The second kappa shape index (κ2) is 10.3. The number of benzene rings is 1. The molecule has 0 unspecified atom stereocenters. The summed E-state index contributed by atoms with van der Waals surface area (Å²) in [6.07, 6.45) is 3.56. The SMILES string of the molecule is CN=C(NCc1ccccc1COC)N(C)CCC1CCOCC1. The van der Waals surface area contributed by atoms with Gasteiger partial charge in [-0.15, -0.1) is 0 Å². The highest BCUT2D eigenvalue weighted by molar-refractivity contribution is 5.79. The number of ether oxygens (including phenoxy) is 2. The van der Waals surface area contributed by atoms with Crippen molar-refractivity contribution in [3.8, 4) is 0 Å². The van der Waals surface area contributed by atoms with E-state index in [-0.39, 0.29) is 0 Å². The summed E-state index contributed by atoms with van der Waals surface area (Å²) in [4.78, 5) is 6.63. The van der Waals surface area contributed by atoms with Crippen molar-refractivity contribution in [3.63, 3.8) is 0 Å². The summed E-state index contributed by atoms with van der Waals surface area (Å²) < 4.78 is 10.7. The van der Waals surface area contributed by atoms with Crippen LogP contribution in [0.25, 0.3) is 0 Å². The molecule has 24 heavy (non-hydrogen) atoms. The Morgan fingerprint density at radius 3 is 2.67 bits per heavy atom. The highest BCUT2D eigenvalue weighted by Crippen LogP contribution is 2.18. The zero-order valence-electron chi connectivity index (χ0n) is 15.3. The van der Waals surface area contributed by atoms with E-state index in [0.29, 0.717) is 6.61 Å². The molecule has 0 aliphatic carbocycles. The van der Waals surface area contributed by atoms with Gasteiger partial charge in [-0.05, 0) is 36.3 Å². The fraction of sp³-hybridized carbons (Fsp3) is 0.632. The maximum absolute atomic E-state index is 5.43. The van der Waals surface area contributed by atoms with Crippen LogP contribution in [-0.2, 0) is 22.6 Å². The molecule has 1 saturated heterocycles. The Balaban J connectivity index is 1.83. The summed E-state index contributed by atoms with van der Waals surface area (Å²) in [5.74, 6) is 1.72. The van der Waals surface area contributed by atoms with Crippen LogP contribution < -0.4 is 5.32 Å². The third-order valence-corrected chi connectivity index (χ3v) is 4.64. The van der Waals surface area contributed by atoms with Crippen LogP contribution in [0.15, 0.2) is 29.3 Å².